The summed E-state index contributed by atoms with van der Waals surface area (Å²) in [5.41, 5.74) is -0.180. The van der Waals surface area contributed by atoms with E-state index in [1.165, 1.54) is 42.6 Å². The number of carbonyl (C=O) groups excluding carboxylic acids is 2. The molecule has 39 heavy (non-hydrogen) atoms. The van der Waals surface area contributed by atoms with Crippen LogP contribution >= 0.6 is 0 Å². The van der Waals surface area contributed by atoms with E-state index < -0.39 is 22.2 Å². The SMILES string of the molecule is CC(C)(C)OC(=O)N1CCN(c2ccc([N+](=O)[O-])c(Nc3ccnc(NC(=O)c4ccc(F)cc4)c3)n2)CC1. The minimum atomic E-state index is -0.592. The fraction of sp³-hybridized carbons (Fsp3) is 0.308. The Hall–Kier alpha value is -4.81. The molecule has 2 aromatic heterocycles. The highest BCUT2D eigenvalue weighted by Gasteiger charge is 2.27. The van der Waals surface area contributed by atoms with Crippen LogP contribution in [0.5, 0.6) is 0 Å². The summed E-state index contributed by atoms with van der Waals surface area (Å²) in [6, 6.07) is 11.0. The summed E-state index contributed by atoms with van der Waals surface area (Å²) >= 11 is 0. The molecule has 13 heteroatoms. The molecule has 0 aliphatic carbocycles. The van der Waals surface area contributed by atoms with Crippen molar-refractivity contribution in [3.63, 3.8) is 0 Å². The Bertz CT molecular complexity index is 1370. The lowest BCUT2D eigenvalue weighted by Gasteiger charge is -2.36. The topological polar surface area (TPSA) is 143 Å². The maximum Gasteiger partial charge on any atom is 0.410 e. The number of halogens is 1. The van der Waals surface area contributed by atoms with Gasteiger partial charge in [0.15, 0.2) is 0 Å². The van der Waals surface area contributed by atoms with Gasteiger partial charge in [0.05, 0.1) is 4.92 Å². The molecule has 1 aromatic carbocycles. The molecule has 12 nitrogen and oxygen atoms in total. The molecule has 0 radical (unpaired) electrons. The van der Waals surface area contributed by atoms with E-state index >= 15 is 0 Å². The third-order valence-corrected chi connectivity index (χ3v) is 5.68. The third-order valence-electron chi connectivity index (χ3n) is 5.68. The van der Waals surface area contributed by atoms with Gasteiger partial charge in [-0.1, -0.05) is 0 Å². The van der Waals surface area contributed by atoms with Gasteiger partial charge in [0.1, 0.15) is 23.1 Å². The molecular weight excluding hydrogens is 509 g/mol. The lowest BCUT2D eigenvalue weighted by molar-refractivity contribution is -0.384. The lowest BCUT2D eigenvalue weighted by atomic mass is 10.2. The van der Waals surface area contributed by atoms with Gasteiger partial charge in [0.2, 0.25) is 5.82 Å². The van der Waals surface area contributed by atoms with Crippen LogP contribution in [0.15, 0.2) is 54.7 Å². The minimum absolute atomic E-state index is 0.00841. The first-order valence-corrected chi connectivity index (χ1v) is 12.2. The van der Waals surface area contributed by atoms with E-state index in [4.69, 9.17) is 4.74 Å². The highest BCUT2D eigenvalue weighted by atomic mass is 19.1. The summed E-state index contributed by atoms with van der Waals surface area (Å²) < 4.78 is 18.6. The zero-order valence-corrected chi connectivity index (χ0v) is 21.7. The van der Waals surface area contributed by atoms with E-state index in [-0.39, 0.29) is 29.0 Å². The van der Waals surface area contributed by atoms with Gasteiger partial charge in [-0.3, -0.25) is 14.9 Å². The summed E-state index contributed by atoms with van der Waals surface area (Å²) in [6.07, 6.45) is 1.04. The van der Waals surface area contributed by atoms with Crippen molar-refractivity contribution in [3.8, 4) is 0 Å². The normalized spacial score (nSPS) is 13.5. The van der Waals surface area contributed by atoms with Gasteiger partial charge in [-0.2, -0.15) is 0 Å². The van der Waals surface area contributed by atoms with Crippen molar-refractivity contribution < 1.29 is 23.6 Å². The Kier molecular flexibility index (Phi) is 7.88. The quantitative estimate of drug-likeness (QED) is 0.341. The Labute approximate surface area is 224 Å². The van der Waals surface area contributed by atoms with E-state index in [1.807, 2.05) is 25.7 Å². The highest BCUT2D eigenvalue weighted by Crippen LogP contribution is 2.29. The molecule has 3 aromatic rings. The molecule has 1 aliphatic rings. The number of piperazine rings is 1. The maximum atomic E-state index is 13.1. The van der Waals surface area contributed by atoms with Gasteiger partial charge in [0.25, 0.3) is 5.91 Å². The first kappa shape index (κ1) is 27.2. The molecule has 2 amide bonds. The summed E-state index contributed by atoms with van der Waals surface area (Å²) in [5, 5.41) is 17.2. The number of nitrogens with one attached hydrogen (secondary N) is 2. The monoisotopic (exact) mass is 537 g/mol. The Morgan fingerprint density at radius 1 is 1.05 bits per heavy atom. The second-order valence-corrected chi connectivity index (χ2v) is 9.76. The van der Waals surface area contributed by atoms with Crippen molar-refractivity contribution in [2.45, 2.75) is 26.4 Å². The Morgan fingerprint density at radius 2 is 1.74 bits per heavy atom. The molecule has 1 fully saturated rings. The van der Waals surface area contributed by atoms with E-state index in [0.717, 1.165) is 0 Å². The largest absolute Gasteiger partial charge is 0.444 e. The zero-order chi connectivity index (χ0) is 28.2. The molecular formula is C26H28FN7O5. The van der Waals surface area contributed by atoms with Crippen LogP contribution in [0.2, 0.25) is 0 Å². The number of aromatic nitrogens is 2. The van der Waals surface area contributed by atoms with Crippen molar-refractivity contribution in [3.05, 3.63) is 76.2 Å². The number of anilines is 4. The molecule has 0 bridgehead atoms. The molecule has 2 N–H and O–H groups in total. The number of hydrogen-bond donors (Lipinski definition) is 2. The van der Waals surface area contributed by atoms with Gasteiger partial charge in [-0.05, 0) is 57.2 Å². The Balaban J connectivity index is 1.47. The van der Waals surface area contributed by atoms with Crippen LogP contribution in [0.1, 0.15) is 31.1 Å². The van der Waals surface area contributed by atoms with Crippen LogP contribution < -0.4 is 15.5 Å². The van der Waals surface area contributed by atoms with Crippen LogP contribution in [-0.2, 0) is 4.74 Å². The molecule has 0 spiro atoms. The fourth-order valence-corrected chi connectivity index (χ4v) is 3.80. The number of ether oxygens (including phenoxy) is 1. The number of nitro groups is 1. The average molecular weight is 538 g/mol. The van der Waals surface area contributed by atoms with Crippen molar-refractivity contribution in [2.24, 2.45) is 0 Å². The van der Waals surface area contributed by atoms with E-state index in [2.05, 4.69) is 20.6 Å². The maximum absolute atomic E-state index is 13.1. The van der Waals surface area contributed by atoms with Gasteiger partial charge >= 0.3 is 11.8 Å². The van der Waals surface area contributed by atoms with Crippen LogP contribution in [0, 0.1) is 15.9 Å². The zero-order valence-electron chi connectivity index (χ0n) is 21.7. The molecule has 204 valence electrons. The number of hydrogen-bond acceptors (Lipinski definition) is 9. The first-order valence-electron chi connectivity index (χ1n) is 12.2. The summed E-state index contributed by atoms with van der Waals surface area (Å²) in [4.78, 5) is 48.1. The lowest BCUT2D eigenvalue weighted by Crippen LogP contribution is -2.50. The highest BCUT2D eigenvalue weighted by molar-refractivity contribution is 6.03. The number of rotatable bonds is 6. The van der Waals surface area contributed by atoms with Crippen LogP contribution in [-0.4, -0.2) is 63.6 Å². The predicted octanol–water partition coefficient (Wildman–Crippen LogP) is 4.58. The van der Waals surface area contributed by atoms with E-state index in [0.29, 0.717) is 37.7 Å². The van der Waals surface area contributed by atoms with Crippen molar-refractivity contribution >= 4 is 40.8 Å². The smallest absolute Gasteiger partial charge is 0.410 e. The molecule has 4 rings (SSSR count). The third kappa shape index (κ3) is 7.15. The second-order valence-electron chi connectivity index (χ2n) is 9.76. The number of benzene rings is 1. The van der Waals surface area contributed by atoms with Crippen LogP contribution in [0.25, 0.3) is 0 Å². The second kappa shape index (κ2) is 11.3. The van der Waals surface area contributed by atoms with Gasteiger partial charge in [0, 0.05) is 55.8 Å². The predicted molar refractivity (Wildman–Crippen MR) is 143 cm³/mol. The number of amides is 2. The van der Waals surface area contributed by atoms with Crippen LogP contribution in [0.3, 0.4) is 0 Å². The molecule has 1 saturated heterocycles. The van der Waals surface area contributed by atoms with Crippen molar-refractivity contribution in [2.75, 3.05) is 41.7 Å². The van der Waals surface area contributed by atoms with Crippen LogP contribution in [0.4, 0.5) is 38.0 Å². The summed E-state index contributed by atoms with van der Waals surface area (Å²) in [5.74, 6) is -0.250. The van der Waals surface area contributed by atoms with Gasteiger partial charge < -0.3 is 25.2 Å². The molecule has 0 atom stereocenters. The number of pyridine rings is 2. The van der Waals surface area contributed by atoms with Crippen molar-refractivity contribution in [1.29, 1.82) is 0 Å². The standard InChI is InChI=1S/C26H28FN7O5/c1-26(2,3)39-25(36)33-14-12-32(13-15-33)22-9-8-20(34(37)38)23(31-22)29-19-10-11-28-21(16-19)30-24(35)17-4-6-18(27)7-5-17/h4-11,16H,12-15H2,1-3H3,(H2,28,29,30,31,35). The van der Waals surface area contributed by atoms with Crippen molar-refractivity contribution in [1.82, 2.24) is 14.9 Å². The average Bonchev–Trinajstić information content (AvgIpc) is 2.88. The molecule has 0 saturated carbocycles. The minimum Gasteiger partial charge on any atom is -0.444 e. The number of carbonyl (C=O) groups is 2. The van der Waals surface area contributed by atoms with E-state index in [9.17, 15) is 24.1 Å². The van der Waals surface area contributed by atoms with Gasteiger partial charge in [-0.15, -0.1) is 0 Å². The molecule has 3 heterocycles. The van der Waals surface area contributed by atoms with E-state index in [1.54, 1.807) is 17.0 Å². The summed E-state index contributed by atoms with van der Waals surface area (Å²) in [6.45, 7) is 7.19. The molecule has 0 unspecified atom stereocenters. The summed E-state index contributed by atoms with van der Waals surface area (Å²) in [7, 11) is 0. The molecule has 1 aliphatic heterocycles. The van der Waals surface area contributed by atoms with Gasteiger partial charge in [-0.25, -0.2) is 19.2 Å². The number of nitrogens with zero attached hydrogens (tertiary/aromatic N) is 5. The first-order chi connectivity index (χ1) is 18.5. The fourth-order valence-electron chi connectivity index (χ4n) is 3.80. The Morgan fingerprint density at radius 3 is 2.38 bits per heavy atom.